The number of carbonyl (C=O) groups is 2. The molecule has 0 spiro atoms. The summed E-state index contributed by atoms with van der Waals surface area (Å²) in [5.74, 6) is 0.330. The zero-order valence-electron chi connectivity index (χ0n) is 14.6. The van der Waals surface area contributed by atoms with Gasteiger partial charge >= 0.3 is 11.9 Å². The first kappa shape index (κ1) is 18.2. The number of aliphatic carboxylic acids is 2. The molecule has 3 aliphatic rings. The molecular weight excluding hydrogens is 332 g/mol. The van der Waals surface area contributed by atoms with Crippen LogP contribution >= 0.6 is 0 Å². The Morgan fingerprint density at radius 2 is 1.69 bits per heavy atom. The number of amidine groups is 1. The Hall–Kier alpha value is -2.63. The maximum Gasteiger partial charge on any atom is 0.328 e. The second kappa shape index (κ2) is 8.17. The molecule has 0 radical (unpaired) electrons. The maximum absolute atomic E-state index is 9.55. The molecule has 2 saturated carbocycles. The molecule has 2 fully saturated rings. The van der Waals surface area contributed by atoms with Crippen molar-refractivity contribution in [3.05, 3.63) is 41.5 Å². The molecule has 0 unspecified atom stereocenters. The number of carboxylic acids is 2. The molecule has 2 aliphatic carbocycles. The summed E-state index contributed by atoms with van der Waals surface area (Å²) >= 11 is 0. The summed E-state index contributed by atoms with van der Waals surface area (Å²) in [6, 6.07) is 7.11. The van der Waals surface area contributed by atoms with Crippen molar-refractivity contribution in [3.8, 4) is 0 Å². The predicted octanol–water partition coefficient (Wildman–Crippen LogP) is 3.76. The van der Waals surface area contributed by atoms with E-state index in [2.05, 4.69) is 28.5 Å². The van der Waals surface area contributed by atoms with Crippen molar-refractivity contribution in [3.63, 3.8) is 0 Å². The second-order valence-electron chi connectivity index (χ2n) is 6.96. The third-order valence-electron chi connectivity index (χ3n) is 4.67. The topological polar surface area (TPSA) is 99.0 Å². The fourth-order valence-electron chi connectivity index (χ4n) is 3.04. The van der Waals surface area contributed by atoms with Crippen molar-refractivity contribution in [1.29, 1.82) is 0 Å². The second-order valence-corrected chi connectivity index (χ2v) is 6.96. The first-order valence-electron chi connectivity index (χ1n) is 9.11. The van der Waals surface area contributed by atoms with Gasteiger partial charge < -0.3 is 15.5 Å². The minimum atomic E-state index is -1.26. The van der Waals surface area contributed by atoms with Gasteiger partial charge in [0.2, 0.25) is 0 Å². The van der Waals surface area contributed by atoms with Gasteiger partial charge in [-0.25, -0.2) is 9.59 Å². The molecule has 3 N–H and O–H groups in total. The number of nitrogens with zero attached hydrogens (tertiary/aromatic N) is 1. The highest BCUT2D eigenvalue weighted by Crippen LogP contribution is 2.46. The van der Waals surface area contributed by atoms with Crippen molar-refractivity contribution in [2.24, 2.45) is 4.99 Å². The SMILES string of the molecule is O=C(O)C=CC(=O)O.c1cc(C2CC2)c(NC2=NCCC2)cc1C1CC1. The molecule has 1 aliphatic heterocycles. The molecule has 1 aromatic rings. The average molecular weight is 356 g/mol. The summed E-state index contributed by atoms with van der Waals surface area (Å²) in [6.45, 7) is 1.00. The molecule has 0 bridgehead atoms. The fraction of sp³-hybridized carbons (Fsp3) is 0.450. The Morgan fingerprint density at radius 3 is 2.19 bits per heavy atom. The summed E-state index contributed by atoms with van der Waals surface area (Å²) in [6.07, 6.45) is 8.94. The summed E-state index contributed by atoms with van der Waals surface area (Å²) in [5.41, 5.74) is 4.40. The Labute approximate surface area is 152 Å². The van der Waals surface area contributed by atoms with Gasteiger partial charge in [-0.3, -0.25) is 4.99 Å². The number of benzene rings is 1. The molecule has 0 saturated heterocycles. The number of aliphatic imine (C=N–C) groups is 1. The molecule has 26 heavy (non-hydrogen) atoms. The van der Waals surface area contributed by atoms with Gasteiger partial charge in [-0.15, -0.1) is 0 Å². The lowest BCUT2D eigenvalue weighted by Gasteiger charge is -2.13. The molecule has 1 heterocycles. The van der Waals surface area contributed by atoms with Crippen molar-refractivity contribution in [1.82, 2.24) is 0 Å². The number of anilines is 1. The fourth-order valence-corrected chi connectivity index (χ4v) is 3.04. The first-order chi connectivity index (χ1) is 12.5. The number of rotatable bonds is 5. The third-order valence-corrected chi connectivity index (χ3v) is 4.67. The first-order valence-corrected chi connectivity index (χ1v) is 9.11. The minimum absolute atomic E-state index is 0.558. The van der Waals surface area contributed by atoms with Crippen molar-refractivity contribution < 1.29 is 19.8 Å². The molecule has 0 aromatic heterocycles. The lowest BCUT2D eigenvalue weighted by molar-refractivity contribution is -0.134. The van der Waals surface area contributed by atoms with E-state index >= 15 is 0 Å². The summed E-state index contributed by atoms with van der Waals surface area (Å²) in [4.78, 5) is 23.7. The molecule has 1 aromatic carbocycles. The van der Waals surface area contributed by atoms with Gasteiger partial charge in [-0.1, -0.05) is 12.1 Å². The number of carboxylic acid groups (broad SMARTS) is 2. The smallest absolute Gasteiger partial charge is 0.328 e. The number of hydrogen-bond acceptors (Lipinski definition) is 4. The van der Waals surface area contributed by atoms with E-state index in [1.165, 1.54) is 54.8 Å². The van der Waals surface area contributed by atoms with Crippen LogP contribution in [0.1, 0.15) is 61.5 Å². The highest BCUT2D eigenvalue weighted by molar-refractivity contribution is 5.97. The van der Waals surface area contributed by atoms with Crippen LogP contribution in [-0.2, 0) is 9.59 Å². The predicted molar refractivity (Wildman–Crippen MR) is 100.0 cm³/mol. The average Bonchev–Trinajstić information content (AvgIpc) is 3.53. The van der Waals surface area contributed by atoms with Crippen molar-refractivity contribution in [2.75, 3.05) is 11.9 Å². The number of hydrogen-bond donors (Lipinski definition) is 3. The van der Waals surface area contributed by atoms with Crippen LogP contribution in [-0.4, -0.2) is 34.5 Å². The van der Waals surface area contributed by atoms with Crippen LogP contribution in [0, 0.1) is 0 Å². The normalized spacial score (nSPS) is 18.8. The molecule has 138 valence electrons. The summed E-state index contributed by atoms with van der Waals surface area (Å²) in [5, 5.41) is 19.2. The van der Waals surface area contributed by atoms with Gasteiger partial charge in [0.15, 0.2) is 0 Å². The van der Waals surface area contributed by atoms with Gasteiger partial charge in [0.1, 0.15) is 5.84 Å². The van der Waals surface area contributed by atoms with E-state index in [0.717, 1.165) is 24.8 Å². The molecule has 4 rings (SSSR count). The zero-order valence-corrected chi connectivity index (χ0v) is 14.6. The van der Waals surface area contributed by atoms with Crippen LogP contribution in [0.2, 0.25) is 0 Å². The quantitative estimate of drug-likeness (QED) is 0.698. The van der Waals surface area contributed by atoms with Gasteiger partial charge in [-0.2, -0.15) is 0 Å². The summed E-state index contributed by atoms with van der Waals surface area (Å²) < 4.78 is 0. The van der Waals surface area contributed by atoms with Gasteiger partial charge in [0.25, 0.3) is 0 Å². The maximum atomic E-state index is 9.55. The molecule has 6 heteroatoms. The van der Waals surface area contributed by atoms with Crippen LogP contribution in [0.25, 0.3) is 0 Å². The molecular formula is C20H24N2O4. The van der Waals surface area contributed by atoms with E-state index in [0.29, 0.717) is 12.2 Å². The van der Waals surface area contributed by atoms with Gasteiger partial charge in [0, 0.05) is 30.8 Å². The van der Waals surface area contributed by atoms with E-state index in [4.69, 9.17) is 10.2 Å². The standard InChI is InChI=1S/C16H20N2.C4H4O4/c1-2-16(17-9-1)18-15-10-13(11-3-4-11)7-8-14(15)12-5-6-12;5-3(6)1-2-4(7)8/h7-8,10-12H,1-6,9H2,(H,17,18);1-2H,(H,5,6)(H,7,8). The van der Waals surface area contributed by atoms with E-state index in [-0.39, 0.29) is 0 Å². The Morgan fingerprint density at radius 1 is 1.04 bits per heavy atom. The molecule has 6 nitrogen and oxygen atoms in total. The van der Waals surface area contributed by atoms with Crippen LogP contribution < -0.4 is 5.32 Å². The third kappa shape index (κ3) is 5.44. The van der Waals surface area contributed by atoms with Crippen LogP contribution in [0.3, 0.4) is 0 Å². The number of nitrogens with one attached hydrogen (secondary N) is 1. The van der Waals surface area contributed by atoms with Crippen molar-refractivity contribution >= 4 is 23.5 Å². The largest absolute Gasteiger partial charge is 0.478 e. The Balaban J connectivity index is 0.000000211. The van der Waals surface area contributed by atoms with Crippen molar-refractivity contribution in [2.45, 2.75) is 50.4 Å². The molecule has 0 amide bonds. The van der Waals surface area contributed by atoms with Gasteiger partial charge in [0.05, 0.1) is 0 Å². The van der Waals surface area contributed by atoms with E-state index in [9.17, 15) is 9.59 Å². The monoisotopic (exact) mass is 356 g/mol. The van der Waals surface area contributed by atoms with Gasteiger partial charge in [-0.05, 0) is 61.1 Å². The van der Waals surface area contributed by atoms with E-state index in [1.807, 2.05) is 0 Å². The Bertz CT molecular complexity index is 730. The summed E-state index contributed by atoms with van der Waals surface area (Å²) in [7, 11) is 0. The minimum Gasteiger partial charge on any atom is -0.478 e. The lowest BCUT2D eigenvalue weighted by Crippen LogP contribution is -2.10. The Kier molecular flexibility index (Phi) is 5.71. The zero-order chi connectivity index (χ0) is 18.5. The van der Waals surface area contributed by atoms with Crippen LogP contribution in [0.15, 0.2) is 35.3 Å². The van der Waals surface area contributed by atoms with Crippen LogP contribution in [0.5, 0.6) is 0 Å². The lowest BCUT2D eigenvalue weighted by atomic mass is 10.0. The van der Waals surface area contributed by atoms with Crippen LogP contribution in [0.4, 0.5) is 5.69 Å². The molecule has 0 atom stereocenters. The van der Waals surface area contributed by atoms with E-state index < -0.39 is 11.9 Å². The highest BCUT2D eigenvalue weighted by Gasteiger charge is 2.29. The highest BCUT2D eigenvalue weighted by atomic mass is 16.4. The van der Waals surface area contributed by atoms with E-state index in [1.54, 1.807) is 0 Å².